The molecule has 2 heterocycles. The molecule has 1 fully saturated rings. The zero-order valence-electron chi connectivity index (χ0n) is 17.0. The number of thioether (sulfide) groups is 1. The lowest BCUT2D eigenvalue weighted by molar-refractivity contribution is -0.150. The number of carboxylic acids is 1. The smallest absolute Gasteiger partial charge is 0.408 e. The fraction of sp³-hybridized carbons (Fsp3) is 0.400. The molecular weight excluding hydrogens is 446 g/mol. The molecule has 3 amide bonds. The van der Waals surface area contributed by atoms with Crippen LogP contribution in [0.15, 0.2) is 41.1 Å². The van der Waals surface area contributed by atoms with Crippen molar-refractivity contribution in [2.75, 3.05) is 5.75 Å². The van der Waals surface area contributed by atoms with E-state index in [0.29, 0.717) is 5.56 Å². The third-order valence-electron chi connectivity index (χ3n) is 4.48. The first-order valence-corrected chi connectivity index (χ1v) is 10.8. The molecule has 0 aliphatic carbocycles. The van der Waals surface area contributed by atoms with Gasteiger partial charge in [-0.2, -0.15) is 0 Å². The van der Waals surface area contributed by atoms with Crippen LogP contribution in [0.4, 0.5) is 4.79 Å². The van der Waals surface area contributed by atoms with Gasteiger partial charge in [0.15, 0.2) is 0 Å². The number of carbonyl (C=O) groups is 4. The van der Waals surface area contributed by atoms with Crippen LogP contribution < -0.4 is 10.6 Å². The van der Waals surface area contributed by atoms with Gasteiger partial charge in [0, 0.05) is 5.75 Å². The maximum absolute atomic E-state index is 13.0. The maximum atomic E-state index is 13.0. The van der Waals surface area contributed by atoms with Crippen LogP contribution in [0.5, 0.6) is 0 Å². The number of hydrogen-bond acceptors (Lipinski definition) is 6. The van der Waals surface area contributed by atoms with Gasteiger partial charge in [-0.3, -0.25) is 14.5 Å². The number of nitrogens with one attached hydrogen (secondary N) is 2. The number of carbonyl (C=O) groups excluding carboxylic acids is 3. The molecule has 1 saturated heterocycles. The number of benzene rings is 1. The second kappa shape index (κ2) is 8.80. The summed E-state index contributed by atoms with van der Waals surface area (Å²) in [5.41, 5.74) is -0.531. The summed E-state index contributed by atoms with van der Waals surface area (Å²) in [7, 11) is 0. The number of rotatable bonds is 5. The lowest BCUT2D eigenvalue weighted by atomic mass is 10.0. The quantitative estimate of drug-likeness (QED) is 0.567. The van der Waals surface area contributed by atoms with Crippen LogP contribution >= 0.6 is 23.4 Å². The number of carboxylic acid groups (broad SMARTS) is 1. The van der Waals surface area contributed by atoms with E-state index < -0.39 is 46.9 Å². The highest BCUT2D eigenvalue weighted by atomic mass is 35.5. The molecule has 2 aliphatic heterocycles. The van der Waals surface area contributed by atoms with E-state index in [0.717, 1.165) is 4.90 Å². The molecular formula is C20H22ClN3O6S. The number of aliphatic carboxylic acids is 1. The van der Waals surface area contributed by atoms with Crippen molar-refractivity contribution in [2.45, 2.75) is 43.8 Å². The average Bonchev–Trinajstić information content (AvgIpc) is 2.69. The molecule has 0 saturated carbocycles. The average molecular weight is 468 g/mol. The third-order valence-corrected chi connectivity index (χ3v) is 6.23. The Morgan fingerprint density at radius 2 is 1.90 bits per heavy atom. The van der Waals surface area contributed by atoms with Crippen LogP contribution in [0.3, 0.4) is 0 Å². The number of nitrogens with zero attached hydrogens (tertiary/aromatic N) is 1. The van der Waals surface area contributed by atoms with Gasteiger partial charge in [-0.05, 0) is 26.3 Å². The Labute approximate surface area is 188 Å². The SMILES string of the molecule is CC(C)(C)OC(=O)N[C@@H](C(=O)NC1C(=O)N2C(C(=O)O)=C(Cl)CS[C@H]12)c1ccccc1. The predicted octanol–water partition coefficient (Wildman–Crippen LogP) is 2.19. The Morgan fingerprint density at radius 1 is 1.26 bits per heavy atom. The van der Waals surface area contributed by atoms with Gasteiger partial charge >= 0.3 is 12.1 Å². The van der Waals surface area contributed by atoms with Gasteiger partial charge in [0.1, 0.15) is 28.8 Å². The monoisotopic (exact) mass is 467 g/mol. The molecule has 3 atom stereocenters. The topological polar surface area (TPSA) is 125 Å². The van der Waals surface area contributed by atoms with Crippen LogP contribution in [0.2, 0.25) is 0 Å². The Morgan fingerprint density at radius 3 is 2.48 bits per heavy atom. The standard InChI is InChI=1S/C20H22ClN3O6S/c1-20(2,3)30-19(29)23-12(10-7-5-4-6-8-10)15(25)22-13-16(26)24-14(18(27)28)11(21)9-31-17(13)24/h4-8,12-13,17H,9H2,1-3H3,(H,22,25)(H,23,29)(H,27,28)/t12-,13?,17-/m1/s1. The van der Waals surface area contributed by atoms with Gasteiger partial charge in [0.05, 0.1) is 5.03 Å². The van der Waals surface area contributed by atoms with Crippen molar-refractivity contribution in [1.29, 1.82) is 0 Å². The van der Waals surface area contributed by atoms with Gasteiger partial charge in [0.25, 0.3) is 5.91 Å². The first-order chi connectivity index (χ1) is 14.5. The van der Waals surface area contributed by atoms with E-state index >= 15 is 0 Å². The van der Waals surface area contributed by atoms with Crippen LogP contribution in [-0.4, -0.2) is 56.7 Å². The highest BCUT2D eigenvalue weighted by molar-refractivity contribution is 8.00. The number of β-lactam (4-membered cyclic amide) rings is 1. The van der Waals surface area contributed by atoms with Gasteiger partial charge in [-0.1, -0.05) is 41.9 Å². The molecule has 3 rings (SSSR count). The molecule has 2 aliphatic rings. The van der Waals surface area contributed by atoms with Crippen LogP contribution in [-0.2, 0) is 19.1 Å². The Hall–Kier alpha value is -2.72. The molecule has 0 aromatic heterocycles. The number of amides is 3. The van der Waals surface area contributed by atoms with Crippen molar-refractivity contribution in [2.24, 2.45) is 0 Å². The predicted molar refractivity (Wildman–Crippen MR) is 114 cm³/mol. The summed E-state index contributed by atoms with van der Waals surface area (Å²) in [5, 5.41) is 14.0. The first-order valence-electron chi connectivity index (χ1n) is 9.41. The Bertz CT molecular complexity index is 946. The summed E-state index contributed by atoms with van der Waals surface area (Å²) in [4.78, 5) is 50.4. The number of ether oxygens (including phenoxy) is 1. The van der Waals surface area contributed by atoms with E-state index in [2.05, 4.69) is 10.6 Å². The number of hydrogen-bond donors (Lipinski definition) is 3. The van der Waals surface area contributed by atoms with E-state index in [1.807, 2.05) is 0 Å². The lowest BCUT2D eigenvalue weighted by Gasteiger charge is -2.49. The van der Waals surface area contributed by atoms with Crippen molar-refractivity contribution in [1.82, 2.24) is 15.5 Å². The zero-order valence-corrected chi connectivity index (χ0v) is 18.6. The minimum Gasteiger partial charge on any atom is -0.477 e. The van der Waals surface area contributed by atoms with Crippen LogP contribution in [0.25, 0.3) is 0 Å². The zero-order chi connectivity index (χ0) is 22.9. The summed E-state index contributed by atoms with van der Waals surface area (Å²) in [5.74, 6) is -2.29. The van der Waals surface area contributed by atoms with Crippen molar-refractivity contribution in [3.8, 4) is 0 Å². The van der Waals surface area contributed by atoms with Crippen molar-refractivity contribution in [3.63, 3.8) is 0 Å². The van der Waals surface area contributed by atoms with Gasteiger partial charge < -0.3 is 20.5 Å². The molecule has 166 valence electrons. The Kier molecular flexibility index (Phi) is 6.51. The number of fused-ring (bicyclic) bond motifs is 1. The molecule has 31 heavy (non-hydrogen) atoms. The molecule has 1 aromatic carbocycles. The highest BCUT2D eigenvalue weighted by Crippen LogP contribution is 2.41. The molecule has 1 aromatic rings. The molecule has 11 heteroatoms. The normalized spacial score (nSPS) is 21.5. The second-order valence-electron chi connectivity index (χ2n) is 7.94. The van der Waals surface area contributed by atoms with Crippen molar-refractivity contribution >= 4 is 47.2 Å². The Balaban J connectivity index is 1.76. The minimum atomic E-state index is -1.30. The van der Waals surface area contributed by atoms with Gasteiger partial charge in [-0.15, -0.1) is 11.8 Å². The molecule has 1 unspecified atom stereocenters. The second-order valence-corrected chi connectivity index (χ2v) is 9.51. The van der Waals surface area contributed by atoms with Crippen LogP contribution in [0, 0.1) is 0 Å². The summed E-state index contributed by atoms with van der Waals surface area (Å²) < 4.78 is 5.25. The van der Waals surface area contributed by atoms with Crippen LogP contribution in [0.1, 0.15) is 32.4 Å². The lowest BCUT2D eigenvalue weighted by Crippen LogP contribution is -2.71. The number of alkyl carbamates (subject to hydrolysis) is 1. The van der Waals surface area contributed by atoms with E-state index in [4.69, 9.17) is 16.3 Å². The molecule has 0 radical (unpaired) electrons. The summed E-state index contributed by atoms with van der Waals surface area (Å²) in [6, 6.07) is 6.47. The molecule has 0 bridgehead atoms. The summed E-state index contributed by atoms with van der Waals surface area (Å²) in [6.07, 6.45) is -0.784. The van der Waals surface area contributed by atoms with Crippen molar-refractivity contribution in [3.05, 3.63) is 46.6 Å². The van der Waals surface area contributed by atoms with E-state index in [9.17, 15) is 24.3 Å². The van der Waals surface area contributed by atoms with E-state index in [-0.39, 0.29) is 16.5 Å². The van der Waals surface area contributed by atoms with Gasteiger partial charge in [0.2, 0.25) is 5.91 Å². The first kappa shape index (κ1) is 23.0. The largest absolute Gasteiger partial charge is 0.477 e. The fourth-order valence-corrected chi connectivity index (χ4v) is 4.74. The minimum absolute atomic E-state index is 0.0700. The fourth-order valence-electron chi connectivity index (χ4n) is 3.19. The van der Waals surface area contributed by atoms with Gasteiger partial charge in [-0.25, -0.2) is 9.59 Å². The molecule has 3 N–H and O–H groups in total. The third kappa shape index (κ3) is 4.96. The summed E-state index contributed by atoms with van der Waals surface area (Å²) in [6.45, 7) is 5.10. The maximum Gasteiger partial charge on any atom is 0.408 e. The summed E-state index contributed by atoms with van der Waals surface area (Å²) >= 11 is 7.22. The van der Waals surface area contributed by atoms with E-state index in [1.54, 1.807) is 51.1 Å². The van der Waals surface area contributed by atoms with E-state index in [1.165, 1.54) is 11.8 Å². The number of halogens is 1. The van der Waals surface area contributed by atoms with Crippen molar-refractivity contribution < 1.29 is 29.0 Å². The molecule has 0 spiro atoms. The molecule has 9 nitrogen and oxygen atoms in total. The highest BCUT2D eigenvalue weighted by Gasteiger charge is 2.54.